The molecule has 1 aliphatic rings. The Labute approximate surface area is 177 Å². The van der Waals surface area contributed by atoms with E-state index in [1.165, 1.54) is 4.90 Å². The van der Waals surface area contributed by atoms with Gasteiger partial charge in [-0.25, -0.2) is 0 Å². The summed E-state index contributed by atoms with van der Waals surface area (Å²) in [6, 6.07) is 14.2. The van der Waals surface area contributed by atoms with Crippen LogP contribution in [0.5, 0.6) is 5.75 Å². The van der Waals surface area contributed by atoms with Crippen molar-refractivity contribution in [3.8, 4) is 5.75 Å². The molecule has 0 aromatic heterocycles. The number of carbonyl (C=O) groups is 3. The van der Waals surface area contributed by atoms with Gasteiger partial charge in [-0.2, -0.15) is 0 Å². The third-order valence-corrected chi connectivity index (χ3v) is 4.92. The molecular weight excluding hydrogens is 440 g/mol. The molecule has 2 aromatic carbocycles. The van der Waals surface area contributed by atoms with Crippen LogP contribution in [-0.2, 0) is 19.1 Å². The number of amides is 2. The molecule has 29 heavy (non-hydrogen) atoms. The van der Waals surface area contributed by atoms with E-state index < -0.39 is 24.4 Å². The van der Waals surface area contributed by atoms with Crippen molar-refractivity contribution in [2.75, 3.05) is 30.0 Å². The number of hydrogen-bond donors (Lipinski definition) is 1. The average Bonchev–Trinajstić information content (AvgIpc) is 3.10. The van der Waals surface area contributed by atoms with Crippen LogP contribution in [0.15, 0.2) is 53.0 Å². The van der Waals surface area contributed by atoms with E-state index in [-0.39, 0.29) is 18.9 Å². The summed E-state index contributed by atoms with van der Waals surface area (Å²) in [7, 11) is 0. The summed E-state index contributed by atoms with van der Waals surface area (Å²) in [6.07, 6.45) is 0.0353. The van der Waals surface area contributed by atoms with Crippen molar-refractivity contribution >= 4 is 45.1 Å². The number of para-hydroxylation sites is 2. The summed E-state index contributed by atoms with van der Waals surface area (Å²) in [5, 5.41) is 2.65. The summed E-state index contributed by atoms with van der Waals surface area (Å²) in [5.74, 6) is -1.23. The third kappa shape index (κ3) is 5.35. The van der Waals surface area contributed by atoms with Crippen LogP contribution < -0.4 is 15.0 Å². The fourth-order valence-corrected chi connectivity index (χ4v) is 3.31. The lowest BCUT2D eigenvalue weighted by molar-refractivity contribution is -0.151. The SMILES string of the molecule is CCOc1ccccc1N1C[C@H](C(=O)OCC(=O)Nc2ccc(Br)cc2)CC1=O. The zero-order valence-corrected chi connectivity index (χ0v) is 17.5. The van der Waals surface area contributed by atoms with Crippen LogP contribution in [-0.4, -0.2) is 37.5 Å². The van der Waals surface area contributed by atoms with Crippen molar-refractivity contribution in [1.29, 1.82) is 0 Å². The lowest BCUT2D eigenvalue weighted by Crippen LogP contribution is -2.28. The van der Waals surface area contributed by atoms with Crippen LogP contribution in [0.4, 0.5) is 11.4 Å². The van der Waals surface area contributed by atoms with Gasteiger partial charge in [0.2, 0.25) is 5.91 Å². The van der Waals surface area contributed by atoms with E-state index in [2.05, 4.69) is 21.2 Å². The van der Waals surface area contributed by atoms with Crippen LogP contribution >= 0.6 is 15.9 Å². The molecule has 0 unspecified atom stereocenters. The molecule has 1 heterocycles. The minimum absolute atomic E-state index is 0.0353. The molecule has 0 saturated carbocycles. The topological polar surface area (TPSA) is 84.9 Å². The Bertz CT molecular complexity index is 900. The number of benzene rings is 2. The summed E-state index contributed by atoms with van der Waals surface area (Å²) < 4.78 is 11.6. The van der Waals surface area contributed by atoms with E-state index in [1.54, 1.807) is 36.4 Å². The van der Waals surface area contributed by atoms with Crippen LogP contribution in [0.3, 0.4) is 0 Å². The molecule has 152 valence electrons. The molecular formula is C21H21BrN2O5. The van der Waals surface area contributed by atoms with Gasteiger partial charge in [0.25, 0.3) is 5.91 Å². The highest BCUT2D eigenvalue weighted by Gasteiger charge is 2.37. The number of carbonyl (C=O) groups excluding carboxylic acids is 3. The van der Waals surface area contributed by atoms with E-state index in [4.69, 9.17) is 9.47 Å². The maximum absolute atomic E-state index is 12.4. The Kier molecular flexibility index (Phi) is 6.87. The second-order valence-electron chi connectivity index (χ2n) is 6.47. The van der Waals surface area contributed by atoms with Crippen LogP contribution in [0.25, 0.3) is 0 Å². The van der Waals surface area contributed by atoms with Crippen molar-refractivity contribution in [1.82, 2.24) is 0 Å². The highest BCUT2D eigenvalue weighted by molar-refractivity contribution is 9.10. The van der Waals surface area contributed by atoms with Gasteiger partial charge in [-0.1, -0.05) is 28.1 Å². The first kappa shape index (κ1) is 20.9. The Morgan fingerprint density at radius 3 is 2.62 bits per heavy atom. The highest BCUT2D eigenvalue weighted by Crippen LogP contribution is 2.33. The van der Waals surface area contributed by atoms with Crippen molar-refractivity contribution in [3.63, 3.8) is 0 Å². The fourth-order valence-electron chi connectivity index (χ4n) is 3.04. The molecule has 0 spiro atoms. The normalized spacial score (nSPS) is 15.9. The van der Waals surface area contributed by atoms with Gasteiger partial charge in [0.1, 0.15) is 5.75 Å². The molecule has 1 N–H and O–H groups in total. The zero-order chi connectivity index (χ0) is 20.8. The summed E-state index contributed by atoms with van der Waals surface area (Å²) in [5.41, 5.74) is 1.23. The standard InChI is InChI=1S/C21H21BrN2O5/c1-2-28-18-6-4-3-5-17(18)24-12-14(11-20(24)26)21(27)29-13-19(25)23-16-9-7-15(22)8-10-16/h3-10,14H,2,11-13H2,1H3,(H,23,25)/t14-/m1/s1. The van der Waals surface area contributed by atoms with Gasteiger partial charge in [-0.15, -0.1) is 0 Å². The summed E-state index contributed by atoms with van der Waals surface area (Å²) >= 11 is 3.32. The number of esters is 1. The van der Waals surface area contributed by atoms with E-state index >= 15 is 0 Å². The maximum Gasteiger partial charge on any atom is 0.311 e. The molecule has 1 atom stereocenters. The molecule has 0 bridgehead atoms. The summed E-state index contributed by atoms with van der Waals surface area (Å²) in [6.45, 7) is 2.12. The molecule has 0 radical (unpaired) electrons. The Balaban J connectivity index is 1.55. The van der Waals surface area contributed by atoms with Gasteiger partial charge in [0, 0.05) is 23.1 Å². The number of rotatable bonds is 7. The van der Waals surface area contributed by atoms with Gasteiger partial charge in [-0.05, 0) is 43.3 Å². The first-order valence-corrected chi connectivity index (χ1v) is 10.0. The largest absolute Gasteiger partial charge is 0.492 e. The fraction of sp³-hybridized carbons (Fsp3) is 0.286. The first-order chi connectivity index (χ1) is 14.0. The maximum atomic E-state index is 12.4. The molecule has 7 nitrogen and oxygen atoms in total. The smallest absolute Gasteiger partial charge is 0.311 e. The second-order valence-corrected chi connectivity index (χ2v) is 7.38. The average molecular weight is 461 g/mol. The lowest BCUT2D eigenvalue weighted by Gasteiger charge is -2.19. The van der Waals surface area contributed by atoms with Gasteiger partial charge in [-0.3, -0.25) is 14.4 Å². The van der Waals surface area contributed by atoms with E-state index in [0.717, 1.165) is 4.47 Å². The zero-order valence-electron chi connectivity index (χ0n) is 15.9. The van der Waals surface area contributed by atoms with Crippen LogP contribution in [0.2, 0.25) is 0 Å². The van der Waals surface area contributed by atoms with Crippen LogP contribution in [0.1, 0.15) is 13.3 Å². The van der Waals surface area contributed by atoms with Gasteiger partial charge < -0.3 is 19.7 Å². The number of ether oxygens (including phenoxy) is 2. The Hall–Kier alpha value is -2.87. The molecule has 2 amide bonds. The third-order valence-electron chi connectivity index (χ3n) is 4.39. The molecule has 3 rings (SSSR count). The predicted molar refractivity (Wildman–Crippen MR) is 112 cm³/mol. The van der Waals surface area contributed by atoms with Crippen molar-refractivity contribution < 1.29 is 23.9 Å². The first-order valence-electron chi connectivity index (χ1n) is 9.22. The second kappa shape index (κ2) is 9.56. The van der Waals surface area contributed by atoms with E-state index in [1.807, 2.05) is 19.1 Å². The van der Waals surface area contributed by atoms with Crippen molar-refractivity contribution in [2.45, 2.75) is 13.3 Å². The van der Waals surface area contributed by atoms with Gasteiger partial charge in [0.15, 0.2) is 6.61 Å². The molecule has 8 heteroatoms. The minimum atomic E-state index is -0.627. The Morgan fingerprint density at radius 2 is 1.90 bits per heavy atom. The monoisotopic (exact) mass is 460 g/mol. The number of halogens is 1. The molecule has 0 aliphatic carbocycles. The van der Waals surface area contributed by atoms with E-state index in [0.29, 0.717) is 23.7 Å². The van der Waals surface area contributed by atoms with Crippen LogP contribution in [0, 0.1) is 5.92 Å². The highest BCUT2D eigenvalue weighted by atomic mass is 79.9. The number of hydrogen-bond acceptors (Lipinski definition) is 5. The lowest BCUT2D eigenvalue weighted by atomic mass is 10.1. The van der Waals surface area contributed by atoms with Crippen molar-refractivity contribution in [3.05, 3.63) is 53.0 Å². The number of nitrogens with zero attached hydrogens (tertiary/aromatic N) is 1. The van der Waals surface area contributed by atoms with Gasteiger partial charge >= 0.3 is 5.97 Å². The predicted octanol–water partition coefficient (Wildman–Crippen LogP) is 3.38. The minimum Gasteiger partial charge on any atom is -0.492 e. The Morgan fingerprint density at radius 1 is 1.17 bits per heavy atom. The number of nitrogens with one attached hydrogen (secondary N) is 1. The molecule has 1 fully saturated rings. The van der Waals surface area contributed by atoms with Crippen molar-refractivity contribution in [2.24, 2.45) is 5.92 Å². The van der Waals surface area contributed by atoms with E-state index in [9.17, 15) is 14.4 Å². The van der Waals surface area contributed by atoms with Gasteiger partial charge in [0.05, 0.1) is 18.2 Å². The molecule has 1 saturated heterocycles. The number of anilines is 2. The summed E-state index contributed by atoms with van der Waals surface area (Å²) in [4.78, 5) is 38.3. The quantitative estimate of drug-likeness (QED) is 0.640. The molecule has 1 aliphatic heterocycles. The molecule has 2 aromatic rings.